The van der Waals surface area contributed by atoms with Crippen molar-refractivity contribution < 1.29 is 9.59 Å². The molecule has 2 aromatic carbocycles. The van der Waals surface area contributed by atoms with Crippen molar-refractivity contribution in [3.8, 4) is 0 Å². The molecule has 24 heavy (non-hydrogen) atoms. The fraction of sp³-hybridized carbons (Fsp3) is 0.118. The van der Waals surface area contributed by atoms with Gasteiger partial charge in [0.15, 0.2) is 5.82 Å². The molecule has 0 spiro atoms. The lowest BCUT2D eigenvalue weighted by Crippen LogP contribution is -2.36. The standard InChI is InChI=1S/C17H13N5O2/c23-16-12-8-4-5-9-13(12)17(24)22(16)14(15-18-20-21-19-15)10-11-6-2-1-3-7-11/h1-9,14H,10H2,(H,18,19,20,21). The van der Waals surface area contributed by atoms with Crippen molar-refractivity contribution in [1.82, 2.24) is 25.5 Å². The minimum Gasteiger partial charge on any atom is -0.269 e. The number of nitrogens with one attached hydrogen (secondary N) is 1. The number of nitrogens with zero attached hydrogens (tertiary/aromatic N) is 4. The van der Waals surface area contributed by atoms with E-state index in [0.717, 1.165) is 5.56 Å². The summed E-state index contributed by atoms with van der Waals surface area (Å²) >= 11 is 0. The number of rotatable bonds is 4. The van der Waals surface area contributed by atoms with E-state index in [-0.39, 0.29) is 11.8 Å². The van der Waals surface area contributed by atoms with Crippen LogP contribution in [0, 0.1) is 0 Å². The zero-order valence-corrected chi connectivity index (χ0v) is 12.6. The van der Waals surface area contributed by atoms with Crippen molar-refractivity contribution in [2.45, 2.75) is 12.5 Å². The summed E-state index contributed by atoms with van der Waals surface area (Å²) in [4.78, 5) is 26.7. The molecular weight excluding hydrogens is 306 g/mol. The van der Waals surface area contributed by atoms with Crippen LogP contribution < -0.4 is 0 Å². The second kappa shape index (κ2) is 5.69. The molecule has 0 saturated heterocycles. The van der Waals surface area contributed by atoms with E-state index in [9.17, 15) is 9.59 Å². The van der Waals surface area contributed by atoms with Gasteiger partial charge in [-0.15, -0.1) is 10.2 Å². The molecule has 0 aliphatic carbocycles. The molecule has 0 radical (unpaired) electrons. The third-order valence-electron chi connectivity index (χ3n) is 4.07. The Bertz CT molecular complexity index is 857. The Balaban J connectivity index is 1.75. The van der Waals surface area contributed by atoms with Crippen LogP contribution in [0.25, 0.3) is 0 Å². The number of carbonyl (C=O) groups excluding carboxylic acids is 2. The lowest BCUT2D eigenvalue weighted by Gasteiger charge is -2.23. The highest BCUT2D eigenvalue weighted by Gasteiger charge is 2.41. The number of H-pyrrole nitrogens is 1. The topological polar surface area (TPSA) is 91.8 Å². The predicted octanol–water partition coefficient (Wildman–Crippen LogP) is 1.78. The highest BCUT2D eigenvalue weighted by molar-refractivity contribution is 6.21. The first-order valence-corrected chi connectivity index (χ1v) is 7.50. The predicted molar refractivity (Wildman–Crippen MR) is 84.0 cm³/mol. The molecule has 2 heterocycles. The molecule has 1 N–H and O–H groups in total. The van der Waals surface area contributed by atoms with Crippen molar-refractivity contribution in [1.29, 1.82) is 0 Å². The number of carbonyl (C=O) groups is 2. The van der Waals surface area contributed by atoms with E-state index in [1.807, 2.05) is 30.3 Å². The number of tetrazole rings is 1. The molecular formula is C17H13N5O2. The zero-order chi connectivity index (χ0) is 16.5. The highest BCUT2D eigenvalue weighted by Crippen LogP contribution is 2.31. The van der Waals surface area contributed by atoms with Crippen molar-refractivity contribution >= 4 is 11.8 Å². The number of benzene rings is 2. The number of hydrogen-bond donors (Lipinski definition) is 1. The summed E-state index contributed by atoms with van der Waals surface area (Å²) in [5, 5.41) is 14.0. The van der Waals surface area contributed by atoms with Crippen LogP contribution in [-0.4, -0.2) is 37.3 Å². The van der Waals surface area contributed by atoms with Gasteiger partial charge in [-0.05, 0) is 17.7 Å². The van der Waals surface area contributed by atoms with Gasteiger partial charge in [0.25, 0.3) is 11.8 Å². The van der Waals surface area contributed by atoms with Crippen molar-refractivity contribution in [2.75, 3.05) is 0 Å². The normalized spacial score (nSPS) is 14.8. The summed E-state index contributed by atoms with van der Waals surface area (Å²) in [6, 6.07) is 15.8. The van der Waals surface area contributed by atoms with Crippen molar-refractivity contribution in [3.63, 3.8) is 0 Å². The fourth-order valence-corrected chi connectivity index (χ4v) is 2.94. The number of amides is 2. The highest BCUT2D eigenvalue weighted by atomic mass is 16.2. The second-order valence-corrected chi connectivity index (χ2v) is 5.50. The van der Waals surface area contributed by atoms with Crippen LogP contribution in [0.5, 0.6) is 0 Å². The molecule has 1 aromatic heterocycles. The molecule has 1 atom stereocenters. The molecule has 4 rings (SSSR count). The SMILES string of the molecule is O=C1c2ccccc2C(=O)N1C(Cc1ccccc1)c1nn[nH]n1. The Labute approximate surface area is 137 Å². The maximum Gasteiger partial charge on any atom is 0.262 e. The minimum absolute atomic E-state index is 0.313. The van der Waals surface area contributed by atoms with Crippen molar-refractivity contribution in [3.05, 3.63) is 77.1 Å². The van der Waals surface area contributed by atoms with E-state index in [0.29, 0.717) is 23.4 Å². The van der Waals surface area contributed by atoms with Gasteiger partial charge in [-0.2, -0.15) is 5.21 Å². The van der Waals surface area contributed by atoms with Crippen LogP contribution in [0.1, 0.15) is 38.1 Å². The molecule has 118 valence electrons. The van der Waals surface area contributed by atoms with E-state index in [1.54, 1.807) is 24.3 Å². The Kier molecular flexibility index (Phi) is 3.38. The largest absolute Gasteiger partial charge is 0.269 e. The van der Waals surface area contributed by atoms with Crippen LogP contribution in [-0.2, 0) is 6.42 Å². The number of imide groups is 1. The van der Waals surface area contributed by atoms with Crippen molar-refractivity contribution in [2.24, 2.45) is 0 Å². The fourth-order valence-electron chi connectivity index (χ4n) is 2.94. The molecule has 1 aliphatic rings. The summed E-state index contributed by atoms with van der Waals surface area (Å²) in [6.45, 7) is 0. The van der Waals surface area contributed by atoms with Gasteiger partial charge in [0.05, 0.1) is 11.1 Å². The van der Waals surface area contributed by atoms with E-state index in [4.69, 9.17) is 0 Å². The van der Waals surface area contributed by atoms with E-state index in [1.165, 1.54) is 4.90 Å². The van der Waals surface area contributed by atoms with E-state index in [2.05, 4.69) is 20.6 Å². The molecule has 0 bridgehead atoms. The molecule has 7 heteroatoms. The van der Waals surface area contributed by atoms with Gasteiger partial charge < -0.3 is 0 Å². The van der Waals surface area contributed by atoms with Gasteiger partial charge in [0.1, 0.15) is 6.04 Å². The summed E-state index contributed by atoms with van der Waals surface area (Å²) in [7, 11) is 0. The maximum atomic E-state index is 12.8. The lowest BCUT2D eigenvalue weighted by molar-refractivity contribution is 0.0574. The van der Waals surface area contributed by atoms with Crippen LogP contribution in [0.15, 0.2) is 54.6 Å². The average Bonchev–Trinajstić information content (AvgIpc) is 3.23. The molecule has 1 unspecified atom stereocenters. The second-order valence-electron chi connectivity index (χ2n) is 5.50. The van der Waals surface area contributed by atoms with Gasteiger partial charge in [-0.25, -0.2) is 0 Å². The smallest absolute Gasteiger partial charge is 0.262 e. The monoisotopic (exact) mass is 319 g/mol. The molecule has 2 amide bonds. The van der Waals surface area contributed by atoms with E-state index < -0.39 is 6.04 Å². The molecule has 0 saturated carbocycles. The lowest BCUT2D eigenvalue weighted by atomic mass is 10.0. The zero-order valence-electron chi connectivity index (χ0n) is 12.6. The number of aromatic nitrogens is 4. The molecule has 3 aromatic rings. The first-order chi connectivity index (χ1) is 11.8. The van der Waals surface area contributed by atoms with Gasteiger partial charge in [-0.1, -0.05) is 47.7 Å². The third-order valence-corrected chi connectivity index (χ3v) is 4.07. The Morgan fingerprint density at radius 3 is 2.12 bits per heavy atom. The summed E-state index contributed by atoms with van der Waals surface area (Å²) in [5.41, 5.74) is 1.79. The first-order valence-electron chi connectivity index (χ1n) is 7.50. The van der Waals surface area contributed by atoms with E-state index >= 15 is 0 Å². The first kappa shape index (κ1) is 14.3. The maximum absolute atomic E-state index is 12.8. The molecule has 1 aliphatic heterocycles. The molecule has 0 fully saturated rings. The number of hydrogen-bond acceptors (Lipinski definition) is 5. The van der Waals surface area contributed by atoms with Crippen LogP contribution in [0.2, 0.25) is 0 Å². The van der Waals surface area contributed by atoms with Gasteiger partial charge >= 0.3 is 0 Å². The van der Waals surface area contributed by atoms with Crippen LogP contribution >= 0.6 is 0 Å². The summed E-state index contributed by atoms with van der Waals surface area (Å²) in [5.74, 6) is -0.351. The summed E-state index contributed by atoms with van der Waals surface area (Å²) in [6.07, 6.45) is 0.422. The van der Waals surface area contributed by atoms with Crippen LogP contribution in [0.4, 0.5) is 0 Å². The molecule has 7 nitrogen and oxygen atoms in total. The quantitative estimate of drug-likeness (QED) is 0.740. The average molecular weight is 319 g/mol. The van der Waals surface area contributed by atoms with Crippen LogP contribution in [0.3, 0.4) is 0 Å². The van der Waals surface area contributed by atoms with Gasteiger partial charge in [0, 0.05) is 6.42 Å². The third kappa shape index (κ3) is 2.26. The minimum atomic E-state index is -0.612. The number of aromatic amines is 1. The van der Waals surface area contributed by atoms with Gasteiger partial charge in [-0.3, -0.25) is 14.5 Å². The Hall–Kier alpha value is -3.35. The van der Waals surface area contributed by atoms with Gasteiger partial charge in [0.2, 0.25) is 0 Å². The Morgan fingerprint density at radius 1 is 0.917 bits per heavy atom. The summed E-state index contributed by atoms with van der Waals surface area (Å²) < 4.78 is 0. The Morgan fingerprint density at radius 2 is 1.54 bits per heavy atom. The number of fused-ring (bicyclic) bond motifs is 1.